The SMILES string of the molecule is CC(C)(CNC(C)(C)C)Cc1cc(F)cc(F)c1. The summed E-state index contributed by atoms with van der Waals surface area (Å²) in [6, 6.07) is 3.72. The minimum atomic E-state index is -0.510. The lowest BCUT2D eigenvalue weighted by molar-refractivity contribution is 0.288. The van der Waals surface area contributed by atoms with Gasteiger partial charge < -0.3 is 5.32 Å². The molecule has 0 unspecified atom stereocenters. The maximum atomic E-state index is 13.1. The van der Waals surface area contributed by atoms with Gasteiger partial charge in [0.15, 0.2) is 0 Å². The van der Waals surface area contributed by atoms with Crippen molar-refractivity contribution < 1.29 is 8.78 Å². The largest absolute Gasteiger partial charge is 0.312 e. The molecule has 0 fully saturated rings. The van der Waals surface area contributed by atoms with E-state index in [1.165, 1.54) is 12.1 Å². The summed E-state index contributed by atoms with van der Waals surface area (Å²) in [6.45, 7) is 11.3. The molecule has 1 aromatic rings. The average Bonchev–Trinajstić information content (AvgIpc) is 2.11. The molecular weight excluding hydrogens is 232 g/mol. The number of rotatable bonds is 4. The Kier molecular flexibility index (Phi) is 4.49. The molecule has 3 heteroatoms. The maximum Gasteiger partial charge on any atom is 0.126 e. The molecule has 0 atom stereocenters. The molecule has 0 radical (unpaired) electrons. The second kappa shape index (κ2) is 5.35. The van der Waals surface area contributed by atoms with E-state index in [0.29, 0.717) is 12.0 Å². The molecule has 0 saturated carbocycles. The lowest BCUT2D eigenvalue weighted by atomic mass is 9.85. The van der Waals surface area contributed by atoms with Crippen LogP contribution in [0, 0.1) is 17.0 Å². The molecule has 1 nitrogen and oxygen atoms in total. The van der Waals surface area contributed by atoms with Crippen molar-refractivity contribution in [2.75, 3.05) is 6.54 Å². The summed E-state index contributed by atoms with van der Waals surface area (Å²) in [5, 5.41) is 3.42. The molecule has 0 bridgehead atoms. The van der Waals surface area contributed by atoms with Gasteiger partial charge in [-0.15, -0.1) is 0 Å². The van der Waals surface area contributed by atoms with Crippen molar-refractivity contribution in [3.63, 3.8) is 0 Å². The number of hydrogen-bond acceptors (Lipinski definition) is 1. The van der Waals surface area contributed by atoms with Gasteiger partial charge in [-0.1, -0.05) is 13.8 Å². The van der Waals surface area contributed by atoms with Crippen LogP contribution < -0.4 is 5.32 Å². The minimum Gasteiger partial charge on any atom is -0.312 e. The van der Waals surface area contributed by atoms with Crippen molar-refractivity contribution in [1.82, 2.24) is 5.32 Å². The molecule has 0 aromatic heterocycles. The van der Waals surface area contributed by atoms with E-state index in [2.05, 4.69) is 39.9 Å². The number of halogens is 2. The minimum absolute atomic E-state index is 0.0461. The zero-order valence-electron chi connectivity index (χ0n) is 11.9. The molecule has 1 N–H and O–H groups in total. The van der Waals surface area contributed by atoms with E-state index in [0.717, 1.165) is 12.6 Å². The Morgan fingerprint density at radius 1 is 0.944 bits per heavy atom. The van der Waals surface area contributed by atoms with Crippen LogP contribution in [0.25, 0.3) is 0 Å². The van der Waals surface area contributed by atoms with E-state index in [1.807, 2.05) is 0 Å². The molecule has 18 heavy (non-hydrogen) atoms. The second-order valence-corrected chi connectivity index (χ2v) is 6.72. The van der Waals surface area contributed by atoms with Crippen LogP contribution in [0.1, 0.15) is 40.2 Å². The predicted octanol–water partition coefficient (Wildman–Crippen LogP) is 3.92. The van der Waals surface area contributed by atoms with E-state index in [-0.39, 0.29) is 11.0 Å². The smallest absolute Gasteiger partial charge is 0.126 e. The molecule has 0 aliphatic rings. The maximum absolute atomic E-state index is 13.1. The van der Waals surface area contributed by atoms with Crippen molar-refractivity contribution in [3.8, 4) is 0 Å². The van der Waals surface area contributed by atoms with Gasteiger partial charge in [-0.25, -0.2) is 8.78 Å². The van der Waals surface area contributed by atoms with Gasteiger partial charge in [-0.3, -0.25) is 0 Å². The molecule has 0 aliphatic heterocycles. The predicted molar refractivity (Wildman–Crippen MR) is 71.6 cm³/mol. The summed E-state index contributed by atoms with van der Waals surface area (Å²) in [6.07, 6.45) is 0.644. The fourth-order valence-electron chi connectivity index (χ4n) is 1.83. The highest BCUT2D eigenvalue weighted by atomic mass is 19.1. The topological polar surface area (TPSA) is 12.0 Å². The molecule has 0 spiro atoms. The van der Waals surface area contributed by atoms with Gasteiger partial charge in [0.25, 0.3) is 0 Å². The van der Waals surface area contributed by atoms with Gasteiger partial charge in [0.1, 0.15) is 11.6 Å². The van der Waals surface area contributed by atoms with Gasteiger partial charge in [-0.2, -0.15) is 0 Å². The molecule has 1 aromatic carbocycles. The molecule has 102 valence electrons. The molecule has 0 aliphatic carbocycles. The average molecular weight is 255 g/mol. The normalized spacial score (nSPS) is 12.8. The monoisotopic (exact) mass is 255 g/mol. The second-order valence-electron chi connectivity index (χ2n) is 6.72. The Hall–Kier alpha value is -0.960. The van der Waals surface area contributed by atoms with E-state index in [9.17, 15) is 8.78 Å². The fraction of sp³-hybridized carbons (Fsp3) is 0.600. The first-order chi connectivity index (χ1) is 8.07. The van der Waals surface area contributed by atoms with Gasteiger partial charge >= 0.3 is 0 Å². The summed E-state index contributed by atoms with van der Waals surface area (Å²) in [5.41, 5.74) is 0.700. The first kappa shape index (κ1) is 15.1. The zero-order valence-corrected chi connectivity index (χ0v) is 11.9. The standard InChI is InChI=1S/C15H23F2N/c1-14(2,3)18-10-15(4,5)9-11-6-12(16)8-13(17)7-11/h6-8,18H,9-10H2,1-5H3. The third kappa shape index (κ3) is 5.58. The summed E-state index contributed by atoms with van der Waals surface area (Å²) < 4.78 is 26.2. The first-order valence-corrected chi connectivity index (χ1v) is 6.27. The van der Waals surface area contributed by atoms with E-state index < -0.39 is 11.6 Å². The van der Waals surface area contributed by atoms with Crippen LogP contribution in [0.4, 0.5) is 8.78 Å². The molecular formula is C15H23F2N. The summed E-state index contributed by atoms with van der Waals surface area (Å²) in [4.78, 5) is 0. The van der Waals surface area contributed by atoms with Crippen molar-refractivity contribution in [2.24, 2.45) is 5.41 Å². The van der Waals surface area contributed by atoms with Gasteiger partial charge in [-0.05, 0) is 50.3 Å². The van der Waals surface area contributed by atoms with Crippen LogP contribution >= 0.6 is 0 Å². The number of hydrogen-bond donors (Lipinski definition) is 1. The van der Waals surface area contributed by atoms with Crippen LogP contribution in [0.5, 0.6) is 0 Å². The summed E-state index contributed by atoms with van der Waals surface area (Å²) in [7, 11) is 0. The Labute approximate surface area is 109 Å². The van der Waals surface area contributed by atoms with Crippen molar-refractivity contribution in [2.45, 2.75) is 46.6 Å². The van der Waals surface area contributed by atoms with E-state index >= 15 is 0 Å². The van der Waals surface area contributed by atoms with Crippen molar-refractivity contribution in [1.29, 1.82) is 0 Å². The van der Waals surface area contributed by atoms with Crippen LogP contribution in [0.2, 0.25) is 0 Å². The first-order valence-electron chi connectivity index (χ1n) is 6.27. The van der Waals surface area contributed by atoms with Crippen LogP contribution in [0.3, 0.4) is 0 Å². The van der Waals surface area contributed by atoms with Crippen LogP contribution in [-0.4, -0.2) is 12.1 Å². The molecule has 0 amide bonds. The third-order valence-corrected chi connectivity index (χ3v) is 2.70. The third-order valence-electron chi connectivity index (χ3n) is 2.70. The van der Waals surface area contributed by atoms with Crippen molar-refractivity contribution in [3.05, 3.63) is 35.4 Å². The highest BCUT2D eigenvalue weighted by molar-refractivity contribution is 5.19. The van der Waals surface area contributed by atoms with Gasteiger partial charge in [0, 0.05) is 18.2 Å². The number of nitrogens with one attached hydrogen (secondary N) is 1. The van der Waals surface area contributed by atoms with Crippen LogP contribution in [-0.2, 0) is 6.42 Å². The fourth-order valence-corrected chi connectivity index (χ4v) is 1.83. The lowest BCUT2D eigenvalue weighted by Crippen LogP contribution is -2.42. The highest BCUT2D eigenvalue weighted by Gasteiger charge is 2.21. The molecule has 0 heterocycles. The van der Waals surface area contributed by atoms with Crippen LogP contribution in [0.15, 0.2) is 18.2 Å². The quantitative estimate of drug-likeness (QED) is 0.859. The highest BCUT2D eigenvalue weighted by Crippen LogP contribution is 2.23. The van der Waals surface area contributed by atoms with Gasteiger partial charge in [0.05, 0.1) is 0 Å². The Morgan fingerprint density at radius 2 is 1.44 bits per heavy atom. The van der Waals surface area contributed by atoms with Gasteiger partial charge in [0.2, 0.25) is 0 Å². The van der Waals surface area contributed by atoms with E-state index in [1.54, 1.807) is 0 Å². The Morgan fingerprint density at radius 3 is 1.89 bits per heavy atom. The summed E-state index contributed by atoms with van der Waals surface area (Å²) >= 11 is 0. The molecule has 0 saturated heterocycles. The Balaban J connectivity index is 2.69. The Bertz CT molecular complexity index is 385. The summed E-state index contributed by atoms with van der Waals surface area (Å²) in [5.74, 6) is -1.02. The van der Waals surface area contributed by atoms with Crippen molar-refractivity contribution >= 4 is 0 Å². The zero-order chi connectivity index (χ0) is 14.0. The lowest BCUT2D eigenvalue weighted by Gasteiger charge is -2.30. The van der Waals surface area contributed by atoms with E-state index in [4.69, 9.17) is 0 Å². The number of benzene rings is 1. The molecule has 1 rings (SSSR count).